The van der Waals surface area contributed by atoms with Gasteiger partial charge in [-0.3, -0.25) is 0 Å². The topological polar surface area (TPSA) is 64.6 Å². The highest BCUT2D eigenvalue weighted by atomic mass is 16.3. The van der Waals surface area contributed by atoms with Crippen molar-refractivity contribution in [3.05, 3.63) is 0 Å². The summed E-state index contributed by atoms with van der Waals surface area (Å²) in [6, 6.07) is -0.273. The van der Waals surface area contributed by atoms with Gasteiger partial charge in [0.05, 0.1) is 0 Å². The van der Waals surface area contributed by atoms with Crippen molar-refractivity contribution in [1.29, 1.82) is 0 Å². The maximum atomic E-state index is 10.8. The van der Waals surface area contributed by atoms with E-state index in [0.717, 1.165) is 0 Å². The first-order chi connectivity index (χ1) is 5.12. The number of amides is 2. The van der Waals surface area contributed by atoms with Gasteiger partial charge in [0.2, 0.25) is 0 Å². The number of rotatable bonds is 0. The van der Waals surface area contributed by atoms with Crippen molar-refractivity contribution in [2.75, 3.05) is 20.1 Å². The summed E-state index contributed by atoms with van der Waals surface area (Å²) in [7, 11) is 1.95. The number of hydrogen-bond acceptors (Lipinski definition) is 3. The van der Waals surface area contributed by atoms with Crippen molar-refractivity contribution < 1.29 is 9.90 Å². The van der Waals surface area contributed by atoms with Gasteiger partial charge in [-0.05, 0) is 7.05 Å². The maximum absolute atomic E-state index is 10.8. The summed E-state index contributed by atoms with van der Waals surface area (Å²) in [4.78, 5) is 12.8. The van der Waals surface area contributed by atoms with Crippen molar-refractivity contribution in [3.8, 4) is 0 Å². The van der Waals surface area contributed by atoms with Gasteiger partial charge in [-0.1, -0.05) is 0 Å². The number of nitrogens with zero attached hydrogens (tertiary/aromatic N) is 1. The molecule has 0 saturated carbocycles. The SMILES string of the molecule is CN1CC2(C1)NC(=O)NC2O. The van der Waals surface area contributed by atoms with E-state index in [0.29, 0.717) is 13.1 Å². The quantitative estimate of drug-likeness (QED) is 0.393. The van der Waals surface area contributed by atoms with Gasteiger partial charge in [0.25, 0.3) is 0 Å². The zero-order valence-corrected chi connectivity index (χ0v) is 6.29. The summed E-state index contributed by atoms with van der Waals surface area (Å²) >= 11 is 0. The molecule has 2 aliphatic rings. The highest BCUT2D eigenvalue weighted by Gasteiger charge is 2.52. The van der Waals surface area contributed by atoms with Crippen LogP contribution in [0.5, 0.6) is 0 Å². The molecule has 1 unspecified atom stereocenters. The minimum Gasteiger partial charge on any atom is -0.371 e. The smallest absolute Gasteiger partial charge is 0.317 e. The molecule has 2 amide bonds. The number of aliphatic hydroxyl groups excluding tert-OH is 1. The van der Waals surface area contributed by atoms with Crippen molar-refractivity contribution in [3.63, 3.8) is 0 Å². The van der Waals surface area contributed by atoms with E-state index in [1.165, 1.54) is 0 Å². The summed E-state index contributed by atoms with van der Waals surface area (Å²) in [5.41, 5.74) is -0.411. The van der Waals surface area contributed by atoms with Crippen LogP contribution in [0, 0.1) is 0 Å². The molecule has 5 nitrogen and oxygen atoms in total. The van der Waals surface area contributed by atoms with Gasteiger partial charge in [0.1, 0.15) is 5.54 Å². The Morgan fingerprint density at radius 1 is 1.73 bits per heavy atom. The lowest BCUT2D eigenvalue weighted by Crippen LogP contribution is -2.70. The summed E-state index contributed by atoms with van der Waals surface area (Å²) in [6.45, 7) is 1.43. The minimum atomic E-state index is -0.730. The van der Waals surface area contributed by atoms with Crippen LogP contribution >= 0.6 is 0 Å². The van der Waals surface area contributed by atoms with E-state index in [1.807, 2.05) is 11.9 Å². The highest BCUT2D eigenvalue weighted by Crippen LogP contribution is 2.24. The minimum absolute atomic E-state index is 0.273. The van der Waals surface area contributed by atoms with Crippen molar-refractivity contribution in [2.45, 2.75) is 11.8 Å². The first-order valence-corrected chi connectivity index (χ1v) is 3.58. The van der Waals surface area contributed by atoms with Gasteiger partial charge < -0.3 is 20.6 Å². The Kier molecular flexibility index (Phi) is 1.16. The molecular formula is C6H11N3O2. The number of likely N-dealkylation sites (tertiary alicyclic amines) is 1. The van der Waals surface area contributed by atoms with Gasteiger partial charge >= 0.3 is 6.03 Å². The van der Waals surface area contributed by atoms with Crippen molar-refractivity contribution in [1.82, 2.24) is 15.5 Å². The lowest BCUT2D eigenvalue weighted by Gasteiger charge is -2.46. The predicted molar refractivity (Wildman–Crippen MR) is 37.9 cm³/mol. The van der Waals surface area contributed by atoms with E-state index in [-0.39, 0.29) is 6.03 Å². The molecule has 0 bridgehead atoms. The molecule has 5 heteroatoms. The third-order valence-electron chi connectivity index (χ3n) is 2.26. The van der Waals surface area contributed by atoms with Gasteiger partial charge in [-0.15, -0.1) is 0 Å². The number of aliphatic hydroxyl groups is 1. The second-order valence-corrected chi connectivity index (χ2v) is 3.33. The molecule has 11 heavy (non-hydrogen) atoms. The van der Waals surface area contributed by atoms with E-state index in [4.69, 9.17) is 0 Å². The molecule has 0 aromatic heterocycles. The van der Waals surface area contributed by atoms with Crippen LogP contribution in [-0.4, -0.2) is 47.9 Å². The van der Waals surface area contributed by atoms with Crippen LogP contribution in [0.25, 0.3) is 0 Å². The second-order valence-electron chi connectivity index (χ2n) is 3.33. The molecule has 0 aromatic rings. The molecule has 0 aromatic carbocycles. The molecule has 1 atom stereocenters. The number of nitrogens with one attached hydrogen (secondary N) is 2. The zero-order chi connectivity index (χ0) is 8.06. The van der Waals surface area contributed by atoms with Crippen LogP contribution in [-0.2, 0) is 0 Å². The molecule has 1 spiro atoms. The Hall–Kier alpha value is -0.810. The zero-order valence-electron chi connectivity index (χ0n) is 6.29. The van der Waals surface area contributed by atoms with E-state index in [9.17, 15) is 9.90 Å². The Morgan fingerprint density at radius 2 is 2.36 bits per heavy atom. The van der Waals surface area contributed by atoms with Gasteiger partial charge in [-0.25, -0.2) is 4.79 Å². The Bertz CT molecular complexity index is 200. The lowest BCUT2D eigenvalue weighted by molar-refractivity contribution is -0.0183. The van der Waals surface area contributed by atoms with Crippen LogP contribution in [0.15, 0.2) is 0 Å². The molecule has 2 saturated heterocycles. The average molecular weight is 157 g/mol. The fraction of sp³-hybridized carbons (Fsp3) is 0.833. The van der Waals surface area contributed by atoms with E-state index in [1.54, 1.807) is 0 Å². The highest BCUT2D eigenvalue weighted by molar-refractivity contribution is 5.78. The first-order valence-electron chi connectivity index (χ1n) is 3.58. The monoisotopic (exact) mass is 157 g/mol. The van der Waals surface area contributed by atoms with Crippen LogP contribution in [0.1, 0.15) is 0 Å². The molecule has 2 heterocycles. The van der Waals surface area contributed by atoms with Crippen molar-refractivity contribution in [2.24, 2.45) is 0 Å². The Labute approximate surface area is 64.4 Å². The average Bonchev–Trinajstić information content (AvgIpc) is 2.06. The number of hydrogen-bond donors (Lipinski definition) is 3. The van der Waals surface area contributed by atoms with Crippen molar-refractivity contribution >= 4 is 6.03 Å². The summed E-state index contributed by atoms with van der Waals surface area (Å²) in [5.74, 6) is 0. The Balaban J connectivity index is 2.10. The third-order valence-corrected chi connectivity index (χ3v) is 2.26. The largest absolute Gasteiger partial charge is 0.371 e. The van der Waals surface area contributed by atoms with Crippen LogP contribution in [0.3, 0.4) is 0 Å². The molecular weight excluding hydrogens is 146 g/mol. The maximum Gasteiger partial charge on any atom is 0.317 e. The number of likely N-dealkylation sites (N-methyl/N-ethyl adjacent to an activating group) is 1. The number of urea groups is 1. The van der Waals surface area contributed by atoms with Crippen LogP contribution in [0.2, 0.25) is 0 Å². The summed E-state index contributed by atoms with van der Waals surface area (Å²) < 4.78 is 0. The molecule has 2 fully saturated rings. The molecule has 2 aliphatic heterocycles. The summed E-state index contributed by atoms with van der Waals surface area (Å²) in [6.07, 6.45) is -0.730. The van der Waals surface area contributed by atoms with E-state index < -0.39 is 11.8 Å². The fourth-order valence-corrected chi connectivity index (χ4v) is 1.76. The fourth-order valence-electron chi connectivity index (χ4n) is 1.76. The predicted octanol–water partition coefficient (Wildman–Crippen LogP) is -1.70. The first kappa shape index (κ1) is 6.87. The van der Waals surface area contributed by atoms with Crippen LogP contribution < -0.4 is 10.6 Å². The molecule has 0 radical (unpaired) electrons. The van der Waals surface area contributed by atoms with E-state index in [2.05, 4.69) is 10.6 Å². The van der Waals surface area contributed by atoms with E-state index >= 15 is 0 Å². The van der Waals surface area contributed by atoms with Gasteiger partial charge in [0, 0.05) is 13.1 Å². The second kappa shape index (κ2) is 1.86. The lowest BCUT2D eigenvalue weighted by atomic mass is 9.90. The molecule has 2 rings (SSSR count). The summed E-state index contributed by atoms with van der Waals surface area (Å²) in [5, 5.41) is 14.5. The third kappa shape index (κ3) is 0.812. The molecule has 62 valence electrons. The van der Waals surface area contributed by atoms with Gasteiger partial charge in [0.15, 0.2) is 6.23 Å². The molecule has 3 N–H and O–H groups in total. The number of carbonyl (C=O) groups is 1. The Morgan fingerprint density at radius 3 is 2.73 bits per heavy atom. The molecule has 0 aliphatic carbocycles. The normalized spacial score (nSPS) is 34.7. The number of carbonyl (C=O) groups excluding carboxylic acids is 1. The standard InChI is InChI=1S/C6H11N3O2/c1-9-2-6(3-9)4(10)7-5(11)8-6/h4,10H,2-3H2,1H3,(H2,7,8,11). The van der Waals surface area contributed by atoms with Crippen LogP contribution in [0.4, 0.5) is 4.79 Å². The van der Waals surface area contributed by atoms with Gasteiger partial charge in [-0.2, -0.15) is 0 Å².